The Bertz CT molecular complexity index is 1160. The molecule has 1 heterocycles. The molecule has 0 atom stereocenters. The number of benzene rings is 2. The average Bonchev–Trinajstić information content (AvgIpc) is 2.92. The second-order valence-electron chi connectivity index (χ2n) is 6.05. The van der Waals surface area contributed by atoms with Crippen LogP contribution in [0.15, 0.2) is 48.0 Å². The Morgan fingerprint density at radius 1 is 1.37 bits per heavy atom. The van der Waals surface area contributed by atoms with Gasteiger partial charge in [0.2, 0.25) is 0 Å². The molecule has 0 fully saturated rings. The lowest BCUT2D eigenvalue weighted by Gasteiger charge is -2.05. The molecule has 27 heavy (non-hydrogen) atoms. The number of fused-ring (bicyclic) bond motifs is 1. The molecule has 2 aromatic carbocycles. The van der Waals surface area contributed by atoms with Gasteiger partial charge in [0, 0.05) is 17.6 Å². The van der Waals surface area contributed by atoms with Crippen molar-refractivity contribution >= 4 is 44.7 Å². The van der Waals surface area contributed by atoms with Crippen LogP contribution in [0.3, 0.4) is 0 Å². The van der Waals surface area contributed by atoms with E-state index in [1.54, 1.807) is 6.08 Å². The predicted octanol–water partition coefficient (Wildman–Crippen LogP) is 4.81. The summed E-state index contributed by atoms with van der Waals surface area (Å²) in [6.45, 7) is 8.23. The van der Waals surface area contributed by atoms with Crippen LogP contribution in [0.1, 0.15) is 21.5 Å². The Morgan fingerprint density at radius 2 is 2.11 bits per heavy atom. The number of nitrogens with zero attached hydrogens (tertiary/aromatic N) is 3. The number of nitro groups is 1. The monoisotopic (exact) mass is 401 g/mol. The van der Waals surface area contributed by atoms with Gasteiger partial charge < -0.3 is 4.57 Å². The van der Waals surface area contributed by atoms with Crippen molar-refractivity contribution in [2.24, 2.45) is 4.99 Å². The molecular weight excluding hydrogens is 386 g/mol. The highest BCUT2D eigenvalue weighted by Gasteiger charge is 2.21. The van der Waals surface area contributed by atoms with Gasteiger partial charge in [-0.3, -0.25) is 14.9 Å². The van der Waals surface area contributed by atoms with Gasteiger partial charge in [0.1, 0.15) is 5.56 Å². The SMILES string of the molecule is C=CCn1c(=NC(=O)c2cc(Cl)ccc2[N+](=O)[O-])sc2cc(C)cc(C)c21. The maximum Gasteiger partial charge on any atom is 0.286 e. The second-order valence-corrected chi connectivity index (χ2v) is 7.49. The normalized spacial score (nSPS) is 11.7. The molecule has 0 aliphatic heterocycles. The minimum atomic E-state index is -0.706. The van der Waals surface area contributed by atoms with E-state index in [9.17, 15) is 14.9 Å². The lowest BCUT2D eigenvalue weighted by Crippen LogP contribution is -2.17. The van der Waals surface area contributed by atoms with Crippen molar-refractivity contribution in [3.05, 3.63) is 79.6 Å². The molecule has 3 rings (SSSR count). The first-order chi connectivity index (χ1) is 12.8. The van der Waals surface area contributed by atoms with Gasteiger partial charge in [-0.05, 0) is 43.2 Å². The van der Waals surface area contributed by atoms with Crippen molar-refractivity contribution in [2.75, 3.05) is 0 Å². The quantitative estimate of drug-likeness (QED) is 0.357. The van der Waals surface area contributed by atoms with Crippen LogP contribution < -0.4 is 4.80 Å². The van der Waals surface area contributed by atoms with E-state index in [4.69, 9.17) is 11.6 Å². The van der Waals surface area contributed by atoms with Gasteiger partial charge in [-0.2, -0.15) is 4.99 Å². The first kappa shape index (κ1) is 19.0. The summed E-state index contributed by atoms with van der Waals surface area (Å²) in [6.07, 6.45) is 1.72. The summed E-state index contributed by atoms with van der Waals surface area (Å²) in [4.78, 5) is 28.0. The number of thiazole rings is 1. The van der Waals surface area contributed by atoms with Crippen molar-refractivity contribution in [3.63, 3.8) is 0 Å². The summed E-state index contributed by atoms with van der Waals surface area (Å²) in [5, 5.41) is 11.5. The molecule has 0 aliphatic rings. The van der Waals surface area contributed by atoms with Crippen molar-refractivity contribution in [3.8, 4) is 0 Å². The molecule has 0 bridgehead atoms. The van der Waals surface area contributed by atoms with Crippen molar-refractivity contribution in [2.45, 2.75) is 20.4 Å². The van der Waals surface area contributed by atoms with Gasteiger partial charge >= 0.3 is 0 Å². The van der Waals surface area contributed by atoms with E-state index < -0.39 is 10.8 Å². The third-order valence-corrected chi connectivity index (χ3v) is 5.27. The van der Waals surface area contributed by atoms with E-state index in [0.29, 0.717) is 11.3 Å². The van der Waals surface area contributed by atoms with E-state index in [1.807, 2.05) is 24.5 Å². The van der Waals surface area contributed by atoms with E-state index in [-0.39, 0.29) is 16.3 Å². The van der Waals surface area contributed by atoms with Gasteiger partial charge in [-0.25, -0.2) is 0 Å². The number of carbonyl (C=O) groups is 1. The van der Waals surface area contributed by atoms with Gasteiger partial charge in [-0.15, -0.1) is 6.58 Å². The van der Waals surface area contributed by atoms with Crippen molar-refractivity contribution in [1.82, 2.24) is 4.57 Å². The molecule has 0 radical (unpaired) electrons. The molecule has 1 amide bonds. The van der Waals surface area contributed by atoms with Crippen LogP contribution in [-0.4, -0.2) is 15.4 Å². The Labute approximate surface area is 164 Å². The number of carbonyl (C=O) groups excluding carboxylic acids is 1. The highest BCUT2D eigenvalue weighted by molar-refractivity contribution is 7.16. The number of amides is 1. The van der Waals surface area contributed by atoms with E-state index in [2.05, 4.69) is 17.6 Å². The fourth-order valence-electron chi connectivity index (χ4n) is 2.96. The third-order valence-electron chi connectivity index (χ3n) is 4.01. The molecule has 0 unspecified atom stereocenters. The molecule has 1 aromatic heterocycles. The largest absolute Gasteiger partial charge is 0.312 e. The Hall–Kier alpha value is -2.77. The summed E-state index contributed by atoms with van der Waals surface area (Å²) in [7, 11) is 0. The molecule has 0 saturated heterocycles. The maximum atomic E-state index is 12.7. The zero-order valence-corrected chi connectivity index (χ0v) is 16.3. The third kappa shape index (κ3) is 3.70. The number of allylic oxidation sites excluding steroid dienone is 1. The van der Waals surface area contributed by atoms with E-state index in [1.165, 1.54) is 29.5 Å². The Morgan fingerprint density at radius 3 is 2.78 bits per heavy atom. The lowest BCUT2D eigenvalue weighted by molar-refractivity contribution is -0.385. The highest BCUT2D eigenvalue weighted by Crippen LogP contribution is 2.25. The molecule has 6 nitrogen and oxygen atoms in total. The number of rotatable bonds is 4. The average molecular weight is 402 g/mol. The second kappa shape index (κ2) is 7.46. The summed E-state index contributed by atoms with van der Waals surface area (Å²) >= 11 is 7.28. The first-order valence-electron chi connectivity index (χ1n) is 8.06. The smallest absolute Gasteiger partial charge is 0.286 e. The van der Waals surface area contributed by atoms with Crippen LogP contribution >= 0.6 is 22.9 Å². The Kier molecular flexibility index (Phi) is 5.25. The molecular formula is C19H16ClN3O3S. The van der Waals surface area contributed by atoms with Gasteiger partial charge in [0.15, 0.2) is 4.80 Å². The summed E-state index contributed by atoms with van der Waals surface area (Å²) in [6, 6.07) is 7.94. The summed E-state index contributed by atoms with van der Waals surface area (Å²) in [5.41, 5.74) is 2.68. The molecule has 0 N–H and O–H groups in total. The van der Waals surface area contributed by atoms with Gasteiger partial charge in [0.05, 0.1) is 15.1 Å². The highest BCUT2D eigenvalue weighted by atomic mass is 35.5. The molecule has 8 heteroatoms. The number of hydrogen-bond donors (Lipinski definition) is 0. The zero-order valence-electron chi connectivity index (χ0n) is 14.7. The van der Waals surface area contributed by atoms with Gasteiger partial charge in [-0.1, -0.05) is 35.1 Å². The fraction of sp³-hybridized carbons (Fsp3) is 0.158. The number of hydrogen-bond acceptors (Lipinski definition) is 4. The van der Waals surface area contributed by atoms with Crippen LogP contribution in [-0.2, 0) is 6.54 Å². The molecule has 0 spiro atoms. The van der Waals surface area contributed by atoms with Crippen LogP contribution in [0, 0.1) is 24.0 Å². The zero-order chi connectivity index (χ0) is 19.7. The van der Waals surface area contributed by atoms with Crippen LogP contribution in [0.25, 0.3) is 10.2 Å². The van der Waals surface area contributed by atoms with Crippen molar-refractivity contribution < 1.29 is 9.72 Å². The number of nitro benzene ring substituents is 1. The number of aromatic nitrogens is 1. The van der Waals surface area contributed by atoms with Gasteiger partial charge in [0.25, 0.3) is 11.6 Å². The standard InChI is InChI=1S/C19H16ClN3O3S/c1-4-7-22-17-12(3)8-11(2)9-16(17)27-19(22)21-18(24)14-10-13(20)5-6-15(14)23(25)26/h4-6,8-10H,1,7H2,2-3H3. The summed E-state index contributed by atoms with van der Waals surface area (Å²) in [5.74, 6) is -0.706. The number of aryl methyl sites for hydroxylation is 2. The fourth-order valence-corrected chi connectivity index (χ4v) is 4.35. The van der Waals surface area contributed by atoms with E-state index in [0.717, 1.165) is 21.3 Å². The first-order valence-corrected chi connectivity index (χ1v) is 9.25. The predicted molar refractivity (Wildman–Crippen MR) is 107 cm³/mol. The lowest BCUT2D eigenvalue weighted by atomic mass is 10.1. The molecule has 138 valence electrons. The Balaban J connectivity index is 2.25. The minimum absolute atomic E-state index is 0.136. The topological polar surface area (TPSA) is 77.5 Å². The molecule has 0 aliphatic carbocycles. The number of halogens is 1. The molecule has 0 saturated carbocycles. The van der Waals surface area contributed by atoms with Crippen molar-refractivity contribution in [1.29, 1.82) is 0 Å². The minimum Gasteiger partial charge on any atom is -0.312 e. The van der Waals surface area contributed by atoms with Crippen LogP contribution in [0.4, 0.5) is 5.69 Å². The maximum absolute atomic E-state index is 12.7. The van der Waals surface area contributed by atoms with E-state index >= 15 is 0 Å². The van der Waals surface area contributed by atoms with Crippen LogP contribution in [0.2, 0.25) is 5.02 Å². The van der Waals surface area contributed by atoms with Crippen LogP contribution in [0.5, 0.6) is 0 Å². The summed E-state index contributed by atoms with van der Waals surface area (Å²) < 4.78 is 2.87. The molecule has 3 aromatic rings.